The average molecular weight is 359 g/mol. The van der Waals surface area contributed by atoms with Crippen LogP contribution in [-0.2, 0) is 10.0 Å². The van der Waals surface area contributed by atoms with Crippen LogP contribution in [0, 0.1) is 0 Å². The minimum absolute atomic E-state index is 0.0174. The molecule has 0 saturated heterocycles. The van der Waals surface area contributed by atoms with Gasteiger partial charge in [-0.3, -0.25) is 0 Å². The van der Waals surface area contributed by atoms with Crippen molar-refractivity contribution in [3.8, 4) is 22.6 Å². The van der Waals surface area contributed by atoms with Gasteiger partial charge in [-0.05, 0) is 49.1 Å². The molecule has 1 aliphatic carbocycles. The van der Waals surface area contributed by atoms with E-state index in [2.05, 4.69) is 29.0 Å². The zero-order valence-electron chi connectivity index (χ0n) is 14.2. The van der Waals surface area contributed by atoms with E-state index in [1.165, 1.54) is 5.56 Å². The van der Waals surface area contributed by atoms with Crippen molar-refractivity contribution in [3.05, 3.63) is 48.0 Å². The highest BCUT2D eigenvalue weighted by atomic mass is 32.2. The maximum Gasteiger partial charge on any atom is 0.231 e. The Bertz CT molecular complexity index is 890. The lowest BCUT2D eigenvalue weighted by molar-refractivity contribution is 0.174. The van der Waals surface area contributed by atoms with Gasteiger partial charge in [-0.25, -0.2) is 13.1 Å². The highest BCUT2D eigenvalue weighted by Crippen LogP contribution is 2.42. The molecule has 1 N–H and O–H groups in total. The summed E-state index contributed by atoms with van der Waals surface area (Å²) in [7, 11) is -3.21. The van der Waals surface area contributed by atoms with Gasteiger partial charge in [0.15, 0.2) is 11.5 Å². The third-order valence-corrected chi connectivity index (χ3v) is 6.64. The van der Waals surface area contributed by atoms with Gasteiger partial charge in [0.1, 0.15) is 0 Å². The molecular formula is C19H21NO4S. The van der Waals surface area contributed by atoms with E-state index in [9.17, 15) is 8.42 Å². The fraction of sp³-hybridized carbons (Fsp3) is 0.368. The van der Waals surface area contributed by atoms with E-state index in [0.717, 1.165) is 29.0 Å². The van der Waals surface area contributed by atoms with Crippen LogP contribution in [-0.4, -0.2) is 26.5 Å². The fourth-order valence-corrected chi connectivity index (χ4v) is 3.99. The molecule has 1 heterocycles. The first-order valence-corrected chi connectivity index (χ1v) is 10.00. The predicted octanol–water partition coefficient (Wildman–Crippen LogP) is 3.27. The number of hydrogen-bond donors (Lipinski definition) is 1. The lowest BCUT2D eigenvalue weighted by Crippen LogP contribution is -2.33. The van der Waals surface area contributed by atoms with Crippen LogP contribution in [0.15, 0.2) is 42.5 Å². The number of sulfonamides is 1. The van der Waals surface area contributed by atoms with E-state index in [1.54, 1.807) is 13.8 Å². The van der Waals surface area contributed by atoms with Gasteiger partial charge in [0.2, 0.25) is 16.8 Å². The van der Waals surface area contributed by atoms with Gasteiger partial charge in [-0.15, -0.1) is 0 Å². The number of fused-ring (bicyclic) bond motifs is 1. The second kappa shape index (κ2) is 6.04. The van der Waals surface area contributed by atoms with Gasteiger partial charge in [0, 0.05) is 12.0 Å². The summed E-state index contributed by atoms with van der Waals surface area (Å²) in [5.74, 6) is 1.81. The van der Waals surface area contributed by atoms with Crippen LogP contribution >= 0.6 is 0 Å². The van der Waals surface area contributed by atoms with Gasteiger partial charge in [0.25, 0.3) is 0 Å². The Kier molecular flexibility index (Phi) is 3.96. The van der Waals surface area contributed by atoms with Crippen LogP contribution in [0.4, 0.5) is 0 Å². The first kappa shape index (κ1) is 16.4. The Hall–Kier alpha value is -2.05. The third-order valence-electron chi connectivity index (χ3n) is 4.77. The van der Waals surface area contributed by atoms with E-state index < -0.39 is 15.3 Å². The van der Waals surface area contributed by atoms with Crippen LogP contribution in [0.3, 0.4) is 0 Å². The first-order chi connectivity index (χ1) is 11.9. The van der Waals surface area contributed by atoms with Crippen LogP contribution < -0.4 is 14.2 Å². The minimum Gasteiger partial charge on any atom is -0.454 e. The van der Waals surface area contributed by atoms with Crippen molar-refractivity contribution in [1.82, 2.24) is 4.72 Å². The predicted molar refractivity (Wildman–Crippen MR) is 96.3 cm³/mol. The van der Waals surface area contributed by atoms with E-state index in [-0.39, 0.29) is 18.8 Å². The normalized spacial score (nSPS) is 21.6. The van der Waals surface area contributed by atoms with Crippen molar-refractivity contribution < 1.29 is 17.9 Å². The Morgan fingerprint density at radius 2 is 1.68 bits per heavy atom. The standard InChI is InChI=1S/C19H21NO4S/c1-12(2)25(21,22)20-17-10-16(17)14-5-3-13(4-6-14)15-7-8-18-19(9-15)24-11-23-18/h3-9,12,16-17,20H,10-11H2,1-2H3/t16-,17+/m1/s1. The molecule has 0 radical (unpaired) electrons. The van der Waals surface area contributed by atoms with Crippen molar-refractivity contribution in [2.45, 2.75) is 37.5 Å². The molecule has 0 unspecified atom stereocenters. The molecule has 2 atom stereocenters. The van der Waals surface area contributed by atoms with Gasteiger partial charge < -0.3 is 9.47 Å². The van der Waals surface area contributed by atoms with E-state index in [1.807, 2.05) is 18.2 Å². The summed E-state index contributed by atoms with van der Waals surface area (Å²) in [5, 5.41) is -0.401. The van der Waals surface area contributed by atoms with Crippen LogP contribution in [0.25, 0.3) is 11.1 Å². The lowest BCUT2D eigenvalue weighted by Gasteiger charge is -2.09. The smallest absolute Gasteiger partial charge is 0.231 e. The molecule has 4 rings (SSSR count). The van der Waals surface area contributed by atoms with Crippen molar-refractivity contribution in [2.24, 2.45) is 0 Å². The largest absolute Gasteiger partial charge is 0.454 e. The minimum atomic E-state index is -3.21. The number of ether oxygens (including phenoxy) is 2. The summed E-state index contributed by atoms with van der Waals surface area (Å²) in [6.45, 7) is 3.66. The summed E-state index contributed by atoms with van der Waals surface area (Å²) >= 11 is 0. The van der Waals surface area contributed by atoms with Gasteiger partial charge >= 0.3 is 0 Å². The van der Waals surface area contributed by atoms with E-state index >= 15 is 0 Å². The average Bonchev–Trinajstić information content (AvgIpc) is 3.17. The number of hydrogen-bond acceptors (Lipinski definition) is 4. The second-order valence-electron chi connectivity index (χ2n) is 6.85. The Morgan fingerprint density at radius 1 is 1.00 bits per heavy atom. The monoisotopic (exact) mass is 359 g/mol. The SMILES string of the molecule is CC(C)S(=O)(=O)N[C@H]1C[C@@H]1c1ccc(-c2ccc3c(c2)OCO3)cc1. The summed E-state index contributed by atoms with van der Waals surface area (Å²) in [5.41, 5.74) is 3.34. The van der Waals surface area contributed by atoms with Gasteiger partial charge in [-0.1, -0.05) is 30.3 Å². The highest BCUT2D eigenvalue weighted by molar-refractivity contribution is 7.90. The maximum absolute atomic E-state index is 12.0. The number of nitrogens with one attached hydrogen (secondary N) is 1. The zero-order valence-corrected chi connectivity index (χ0v) is 15.0. The van der Waals surface area contributed by atoms with Gasteiger partial charge in [-0.2, -0.15) is 0 Å². The van der Waals surface area contributed by atoms with Crippen molar-refractivity contribution >= 4 is 10.0 Å². The van der Waals surface area contributed by atoms with Crippen molar-refractivity contribution in [3.63, 3.8) is 0 Å². The zero-order chi connectivity index (χ0) is 17.6. The number of benzene rings is 2. The summed E-state index contributed by atoms with van der Waals surface area (Å²) in [6, 6.07) is 14.2. The van der Waals surface area contributed by atoms with E-state index in [0.29, 0.717) is 0 Å². The molecule has 6 heteroatoms. The highest BCUT2D eigenvalue weighted by Gasteiger charge is 2.41. The molecule has 0 spiro atoms. The molecule has 0 bridgehead atoms. The molecule has 132 valence electrons. The van der Waals surface area contributed by atoms with Crippen LogP contribution in [0.2, 0.25) is 0 Å². The van der Waals surface area contributed by atoms with Crippen molar-refractivity contribution in [1.29, 1.82) is 0 Å². The summed E-state index contributed by atoms with van der Waals surface area (Å²) in [6.07, 6.45) is 0.856. The maximum atomic E-state index is 12.0. The molecule has 5 nitrogen and oxygen atoms in total. The second-order valence-corrected chi connectivity index (χ2v) is 9.12. The fourth-order valence-electron chi connectivity index (χ4n) is 3.04. The molecular weight excluding hydrogens is 338 g/mol. The molecule has 2 aliphatic rings. The molecule has 1 aliphatic heterocycles. The van der Waals surface area contributed by atoms with Crippen LogP contribution in [0.5, 0.6) is 11.5 Å². The molecule has 0 aromatic heterocycles. The third kappa shape index (κ3) is 3.24. The van der Waals surface area contributed by atoms with Crippen LogP contribution in [0.1, 0.15) is 31.7 Å². The Labute approximate surface area is 148 Å². The molecule has 2 aromatic carbocycles. The first-order valence-electron chi connectivity index (χ1n) is 8.45. The molecule has 0 amide bonds. The lowest BCUT2D eigenvalue weighted by atomic mass is 10.0. The summed E-state index contributed by atoms with van der Waals surface area (Å²) in [4.78, 5) is 0. The summed E-state index contributed by atoms with van der Waals surface area (Å²) < 4.78 is 37.5. The number of rotatable bonds is 5. The Morgan fingerprint density at radius 3 is 2.40 bits per heavy atom. The van der Waals surface area contributed by atoms with Gasteiger partial charge in [0.05, 0.1) is 5.25 Å². The quantitative estimate of drug-likeness (QED) is 0.890. The van der Waals surface area contributed by atoms with Crippen molar-refractivity contribution in [2.75, 3.05) is 6.79 Å². The molecule has 25 heavy (non-hydrogen) atoms. The molecule has 2 aromatic rings. The molecule has 1 fully saturated rings. The topological polar surface area (TPSA) is 64.6 Å². The molecule has 1 saturated carbocycles. The van der Waals surface area contributed by atoms with E-state index in [4.69, 9.17) is 9.47 Å². The Balaban J connectivity index is 1.47.